The van der Waals surface area contributed by atoms with E-state index in [1.165, 1.54) is 12.8 Å². The van der Waals surface area contributed by atoms with Crippen molar-refractivity contribution in [2.24, 2.45) is 13.0 Å². The number of hydrogen-bond acceptors (Lipinski definition) is 4. The summed E-state index contributed by atoms with van der Waals surface area (Å²) in [4.78, 5) is 0. The van der Waals surface area contributed by atoms with Crippen molar-refractivity contribution in [3.8, 4) is 22.6 Å². The number of aromatic nitrogens is 2. The van der Waals surface area contributed by atoms with Gasteiger partial charge in [0.25, 0.3) is 0 Å². The molecule has 0 spiro atoms. The topological polar surface area (TPSA) is 62.3 Å². The van der Waals surface area contributed by atoms with Crippen molar-refractivity contribution in [3.63, 3.8) is 0 Å². The van der Waals surface area contributed by atoms with Crippen molar-refractivity contribution in [1.82, 2.24) is 9.78 Å². The number of anilines is 1. The van der Waals surface area contributed by atoms with Crippen LogP contribution in [-0.2, 0) is 7.05 Å². The average molecular weight is 285 g/mol. The summed E-state index contributed by atoms with van der Waals surface area (Å²) < 4.78 is 12.6. The molecule has 2 aromatic rings. The summed E-state index contributed by atoms with van der Waals surface area (Å²) in [5.74, 6) is 3.45. The van der Waals surface area contributed by atoms with Crippen molar-refractivity contribution < 1.29 is 9.47 Å². The third-order valence-corrected chi connectivity index (χ3v) is 4.54. The van der Waals surface area contributed by atoms with Crippen LogP contribution in [0.3, 0.4) is 0 Å². The van der Waals surface area contributed by atoms with Crippen LogP contribution >= 0.6 is 0 Å². The lowest BCUT2D eigenvalue weighted by atomic mass is 9.94. The molecular formula is C16H19N3O2. The lowest BCUT2D eigenvalue weighted by Gasteiger charge is -2.10. The van der Waals surface area contributed by atoms with Crippen LogP contribution < -0.4 is 15.2 Å². The van der Waals surface area contributed by atoms with Gasteiger partial charge in [0.15, 0.2) is 11.5 Å². The van der Waals surface area contributed by atoms with Gasteiger partial charge in [0.1, 0.15) is 5.82 Å². The van der Waals surface area contributed by atoms with Gasteiger partial charge in [-0.15, -0.1) is 0 Å². The van der Waals surface area contributed by atoms with Gasteiger partial charge in [-0.25, -0.2) is 0 Å². The molecule has 110 valence electrons. The number of fused-ring (bicyclic) bond motifs is 1. The van der Waals surface area contributed by atoms with Gasteiger partial charge in [-0.3, -0.25) is 4.68 Å². The summed E-state index contributed by atoms with van der Waals surface area (Å²) >= 11 is 0. The number of aryl methyl sites for hydroxylation is 1. The highest BCUT2D eigenvalue weighted by molar-refractivity contribution is 5.79. The monoisotopic (exact) mass is 285 g/mol. The molecule has 1 aromatic carbocycles. The molecule has 1 aliphatic heterocycles. The quantitative estimate of drug-likeness (QED) is 0.942. The molecular weight excluding hydrogens is 266 g/mol. The maximum absolute atomic E-state index is 6.27. The molecule has 1 unspecified atom stereocenters. The van der Waals surface area contributed by atoms with E-state index in [0.717, 1.165) is 34.2 Å². The Hall–Kier alpha value is -2.17. The number of nitrogens with two attached hydrogens (primary N) is 1. The van der Waals surface area contributed by atoms with Gasteiger partial charge < -0.3 is 15.2 Å². The summed E-state index contributed by atoms with van der Waals surface area (Å²) in [6, 6.07) is 5.97. The minimum atomic E-state index is 0.284. The van der Waals surface area contributed by atoms with Crippen molar-refractivity contribution in [1.29, 1.82) is 0 Å². The summed E-state index contributed by atoms with van der Waals surface area (Å²) in [6.07, 6.45) is 2.58. The summed E-state index contributed by atoms with van der Waals surface area (Å²) in [5, 5.41) is 4.66. The lowest BCUT2D eigenvalue weighted by Crippen LogP contribution is -2.00. The molecule has 1 fully saturated rings. The van der Waals surface area contributed by atoms with Crippen LogP contribution in [0.25, 0.3) is 11.1 Å². The molecule has 0 saturated heterocycles. The van der Waals surface area contributed by atoms with Crippen LogP contribution in [0.1, 0.15) is 31.4 Å². The van der Waals surface area contributed by atoms with Crippen molar-refractivity contribution in [2.75, 3.05) is 12.5 Å². The summed E-state index contributed by atoms with van der Waals surface area (Å²) in [5.41, 5.74) is 9.45. The second kappa shape index (κ2) is 4.41. The van der Waals surface area contributed by atoms with E-state index in [1.54, 1.807) is 4.68 Å². The van der Waals surface area contributed by atoms with E-state index in [0.29, 0.717) is 11.7 Å². The van der Waals surface area contributed by atoms with Crippen molar-refractivity contribution in [2.45, 2.75) is 25.7 Å². The Labute approximate surface area is 123 Å². The zero-order chi connectivity index (χ0) is 14.6. The Morgan fingerprint density at radius 2 is 2.05 bits per heavy atom. The molecule has 4 rings (SSSR count). The third-order valence-electron chi connectivity index (χ3n) is 4.54. The fourth-order valence-electron chi connectivity index (χ4n) is 3.04. The Bertz CT molecular complexity index is 704. The van der Waals surface area contributed by atoms with E-state index in [-0.39, 0.29) is 6.79 Å². The molecule has 1 atom stereocenters. The Balaban J connectivity index is 1.83. The second-order valence-electron chi connectivity index (χ2n) is 5.96. The normalized spacial score (nSPS) is 18.0. The van der Waals surface area contributed by atoms with E-state index in [4.69, 9.17) is 15.2 Å². The lowest BCUT2D eigenvalue weighted by molar-refractivity contribution is 0.174. The van der Waals surface area contributed by atoms with Gasteiger partial charge in [0.05, 0.1) is 5.69 Å². The standard InChI is InChI=1S/C16H19N3O2/c1-9(10-3-4-10)15-14(16(17)19(2)18-15)11-5-6-12-13(7-11)21-8-20-12/h5-7,9-10H,3-4,8,17H2,1-2H3. The minimum Gasteiger partial charge on any atom is -0.454 e. The van der Waals surface area contributed by atoms with E-state index in [1.807, 2.05) is 25.2 Å². The highest BCUT2D eigenvalue weighted by Crippen LogP contribution is 2.46. The zero-order valence-corrected chi connectivity index (χ0v) is 12.3. The molecule has 21 heavy (non-hydrogen) atoms. The SMILES string of the molecule is CC(c1nn(C)c(N)c1-c1ccc2c(c1)OCO2)C1CC1. The van der Waals surface area contributed by atoms with E-state index < -0.39 is 0 Å². The number of rotatable bonds is 3. The number of nitrogens with zero attached hydrogens (tertiary/aromatic N) is 2. The molecule has 5 heteroatoms. The van der Waals surface area contributed by atoms with Crippen molar-refractivity contribution >= 4 is 5.82 Å². The van der Waals surface area contributed by atoms with Crippen LogP contribution in [0.4, 0.5) is 5.82 Å². The van der Waals surface area contributed by atoms with Gasteiger partial charge in [-0.2, -0.15) is 5.10 Å². The number of ether oxygens (including phenoxy) is 2. The molecule has 1 aliphatic carbocycles. The van der Waals surface area contributed by atoms with Crippen molar-refractivity contribution in [3.05, 3.63) is 23.9 Å². The molecule has 5 nitrogen and oxygen atoms in total. The first kappa shape index (κ1) is 12.6. The first-order chi connectivity index (χ1) is 10.1. The van der Waals surface area contributed by atoms with Crippen LogP contribution in [0, 0.1) is 5.92 Å². The van der Waals surface area contributed by atoms with E-state index in [9.17, 15) is 0 Å². The smallest absolute Gasteiger partial charge is 0.231 e. The van der Waals surface area contributed by atoms with Gasteiger partial charge in [0, 0.05) is 18.5 Å². The van der Waals surface area contributed by atoms with E-state index in [2.05, 4.69) is 12.0 Å². The molecule has 0 amide bonds. The largest absolute Gasteiger partial charge is 0.454 e. The van der Waals surface area contributed by atoms with Crippen LogP contribution in [0.5, 0.6) is 11.5 Å². The molecule has 2 N–H and O–H groups in total. The Morgan fingerprint density at radius 1 is 1.29 bits per heavy atom. The fourth-order valence-corrected chi connectivity index (χ4v) is 3.04. The maximum atomic E-state index is 6.27. The first-order valence-electron chi connectivity index (χ1n) is 7.37. The molecule has 2 heterocycles. The van der Waals surface area contributed by atoms with Gasteiger partial charge in [-0.1, -0.05) is 13.0 Å². The summed E-state index contributed by atoms with van der Waals surface area (Å²) in [7, 11) is 1.90. The first-order valence-corrected chi connectivity index (χ1v) is 7.37. The highest BCUT2D eigenvalue weighted by Gasteiger charge is 2.33. The minimum absolute atomic E-state index is 0.284. The molecule has 0 radical (unpaired) electrons. The van der Waals surface area contributed by atoms with Crippen LogP contribution in [0.2, 0.25) is 0 Å². The van der Waals surface area contributed by atoms with Gasteiger partial charge in [0.2, 0.25) is 6.79 Å². The number of benzene rings is 1. The molecule has 0 bridgehead atoms. The second-order valence-corrected chi connectivity index (χ2v) is 5.96. The molecule has 1 aromatic heterocycles. The van der Waals surface area contributed by atoms with Crippen LogP contribution in [-0.4, -0.2) is 16.6 Å². The Morgan fingerprint density at radius 3 is 2.81 bits per heavy atom. The number of nitrogen functional groups attached to an aromatic ring is 1. The number of hydrogen-bond donors (Lipinski definition) is 1. The predicted molar refractivity (Wildman–Crippen MR) is 80.3 cm³/mol. The third kappa shape index (κ3) is 1.95. The van der Waals surface area contributed by atoms with Gasteiger partial charge in [-0.05, 0) is 36.5 Å². The van der Waals surface area contributed by atoms with Gasteiger partial charge >= 0.3 is 0 Å². The highest BCUT2D eigenvalue weighted by atomic mass is 16.7. The summed E-state index contributed by atoms with van der Waals surface area (Å²) in [6.45, 7) is 2.53. The fraction of sp³-hybridized carbons (Fsp3) is 0.438. The average Bonchev–Trinajstić information content (AvgIpc) is 3.15. The molecule has 2 aliphatic rings. The zero-order valence-electron chi connectivity index (χ0n) is 12.3. The van der Waals surface area contributed by atoms with Crippen LogP contribution in [0.15, 0.2) is 18.2 Å². The van der Waals surface area contributed by atoms with E-state index >= 15 is 0 Å². The predicted octanol–water partition coefficient (Wildman–Crippen LogP) is 2.91. The molecule has 1 saturated carbocycles. The Kier molecular flexibility index (Phi) is 2.64. The maximum Gasteiger partial charge on any atom is 0.231 e.